The summed E-state index contributed by atoms with van der Waals surface area (Å²) in [6, 6.07) is 10.6. The van der Waals surface area contributed by atoms with E-state index in [1.807, 2.05) is 30.3 Å². The molecule has 4 N–H and O–H groups in total. The molecule has 0 radical (unpaired) electrons. The van der Waals surface area contributed by atoms with Crippen molar-refractivity contribution in [3.8, 4) is 0 Å². The summed E-state index contributed by atoms with van der Waals surface area (Å²) in [6.07, 6.45) is 4.94. The second-order valence-electron chi connectivity index (χ2n) is 7.01. The average molecular weight is 418 g/mol. The molecule has 1 aliphatic heterocycles. The van der Waals surface area contributed by atoms with Crippen LogP contribution in [0.3, 0.4) is 0 Å². The topological polar surface area (TPSA) is 81.8 Å². The lowest BCUT2D eigenvalue weighted by molar-refractivity contribution is 0.240. The van der Waals surface area contributed by atoms with Gasteiger partial charge in [0.25, 0.3) is 0 Å². The third kappa shape index (κ3) is 4.41. The number of urea groups is 1. The number of rotatable bonds is 4. The van der Waals surface area contributed by atoms with Crippen molar-refractivity contribution >= 4 is 45.8 Å². The van der Waals surface area contributed by atoms with Crippen LogP contribution in [0.25, 0.3) is 10.9 Å². The normalized spacial score (nSPS) is 18.0. The fourth-order valence-electron chi connectivity index (χ4n) is 3.66. The Morgan fingerprint density at radius 3 is 2.71 bits per heavy atom. The third-order valence-electron chi connectivity index (χ3n) is 4.98. The first-order valence-electron chi connectivity index (χ1n) is 9.28. The number of nitrogens with zero attached hydrogens (tertiary/aromatic N) is 1. The number of anilines is 1. The van der Waals surface area contributed by atoms with Gasteiger partial charge >= 0.3 is 6.03 Å². The van der Waals surface area contributed by atoms with Gasteiger partial charge in [-0.25, -0.2) is 4.79 Å². The van der Waals surface area contributed by atoms with Gasteiger partial charge in [-0.05, 0) is 61.3 Å². The molecule has 2 heterocycles. The monoisotopic (exact) mass is 417 g/mol. The largest absolute Gasteiger partial charge is 0.329 e. The maximum atomic E-state index is 12.7. The van der Waals surface area contributed by atoms with Crippen LogP contribution in [-0.4, -0.2) is 28.8 Å². The zero-order chi connectivity index (χ0) is 19.5. The Morgan fingerprint density at radius 1 is 1.14 bits per heavy atom. The SMILES string of the molecule is O=C(Nc1ccc2[nH]ncc2c1)NC(c1cc(Cl)cc(Cl)c1)[C@@H]1CCCCN1. The number of halogens is 2. The molecule has 0 aliphatic carbocycles. The minimum atomic E-state index is -0.281. The summed E-state index contributed by atoms with van der Waals surface area (Å²) in [5.74, 6) is 0. The Morgan fingerprint density at radius 2 is 1.96 bits per heavy atom. The number of hydrogen-bond acceptors (Lipinski definition) is 3. The first-order chi connectivity index (χ1) is 13.6. The zero-order valence-corrected chi connectivity index (χ0v) is 16.6. The molecular formula is C20H21Cl2N5O. The molecule has 1 fully saturated rings. The quantitative estimate of drug-likeness (QED) is 0.488. The van der Waals surface area contributed by atoms with E-state index < -0.39 is 0 Å². The van der Waals surface area contributed by atoms with Gasteiger partial charge in [-0.1, -0.05) is 29.6 Å². The van der Waals surface area contributed by atoms with Crippen LogP contribution in [-0.2, 0) is 0 Å². The van der Waals surface area contributed by atoms with Crippen LogP contribution >= 0.6 is 23.2 Å². The lowest BCUT2D eigenvalue weighted by atomic mass is 9.92. The standard InChI is InChI=1S/C20H21Cl2N5O/c21-14-7-12(8-15(22)10-14)19(18-3-1-2-6-23-18)26-20(28)25-16-4-5-17-13(9-16)11-24-27-17/h4-5,7-11,18-19,23H,1-3,6H2,(H,24,27)(H2,25,26,28)/t18-,19?/m0/s1. The van der Waals surface area contributed by atoms with Gasteiger partial charge in [-0.3, -0.25) is 5.10 Å². The predicted molar refractivity (Wildman–Crippen MR) is 113 cm³/mol. The number of nitrogens with one attached hydrogen (secondary N) is 4. The molecule has 1 unspecified atom stereocenters. The van der Waals surface area contributed by atoms with Crippen LogP contribution in [0.2, 0.25) is 10.0 Å². The highest BCUT2D eigenvalue weighted by atomic mass is 35.5. The lowest BCUT2D eigenvalue weighted by Crippen LogP contribution is -2.47. The van der Waals surface area contributed by atoms with E-state index in [2.05, 4.69) is 26.1 Å². The first-order valence-corrected chi connectivity index (χ1v) is 10.0. The third-order valence-corrected chi connectivity index (χ3v) is 5.42. The van der Waals surface area contributed by atoms with Crippen molar-refractivity contribution in [1.82, 2.24) is 20.8 Å². The number of carbonyl (C=O) groups is 1. The molecule has 2 atom stereocenters. The molecular weight excluding hydrogens is 397 g/mol. The Hall–Kier alpha value is -2.28. The molecule has 6 nitrogen and oxygen atoms in total. The smallest absolute Gasteiger partial charge is 0.319 e. The Labute approximate surface area is 173 Å². The van der Waals surface area contributed by atoms with Gasteiger partial charge in [0.05, 0.1) is 17.8 Å². The van der Waals surface area contributed by atoms with Gasteiger partial charge < -0.3 is 16.0 Å². The van der Waals surface area contributed by atoms with Crippen LogP contribution in [0.1, 0.15) is 30.9 Å². The Balaban J connectivity index is 1.54. The summed E-state index contributed by atoms with van der Waals surface area (Å²) in [6.45, 7) is 0.927. The van der Waals surface area contributed by atoms with Gasteiger partial charge in [-0.2, -0.15) is 5.10 Å². The number of fused-ring (bicyclic) bond motifs is 1. The summed E-state index contributed by atoms with van der Waals surface area (Å²) in [5, 5.41) is 18.4. The van der Waals surface area contributed by atoms with Crippen LogP contribution < -0.4 is 16.0 Å². The van der Waals surface area contributed by atoms with Crippen molar-refractivity contribution < 1.29 is 4.79 Å². The van der Waals surface area contributed by atoms with E-state index in [4.69, 9.17) is 23.2 Å². The molecule has 0 spiro atoms. The van der Waals surface area contributed by atoms with Gasteiger partial charge in [0.2, 0.25) is 0 Å². The number of hydrogen-bond donors (Lipinski definition) is 4. The summed E-state index contributed by atoms with van der Waals surface area (Å²) in [4.78, 5) is 12.7. The lowest BCUT2D eigenvalue weighted by Gasteiger charge is -2.32. The predicted octanol–water partition coefficient (Wildman–Crippen LogP) is 4.87. The van der Waals surface area contributed by atoms with Crippen molar-refractivity contribution in [2.75, 3.05) is 11.9 Å². The Kier molecular flexibility index (Phi) is 5.71. The van der Waals surface area contributed by atoms with Crippen molar-refractivity contribution in [2.24, 2.45) is 0 Å². The van der Waals surface area contributed by atoms with E-state index >= 15 is 0 Å². The van der Waals surface area contributed by atoms with Crippen LogP contribution in [0.4, 0.5) is 10.5 Å². The second-order valence-corrected chi connectivity index (χ2v) is 7.88. The highest BCUT2D eigenvalue weighted by molar-refractivity contribution is 6.34. The molecule has 1 aliphatic rings. The van der Waals surface area contributed by atoms with E-state index in [1.54, 1.807) is 12.3 Å². The maximum Gasteiger partial charge on any atom is 0.319 e. The van der Waals surface area contributed by atoms with Crippen molar-refractivity contribution in [1.29, 1.82) is 0 Å². The summed E-state index contributed by atoms with van der Waals surface area (Å²) in [7, 11) is 0. The number of aromatic amines is 1. The molecule has 28 heavy (non-hydrogen) atoms. The molecule has 1 aromatic heterocycles. The molecule has 146 valence electrons. The van der Waals surface area contributed by atoms with Gasteiger partial charge in [-0.15, -0.1) is 0 Å². The van der Waals surface area contributed by atoms with E-state index in [0.29, 0.717) is 15.7 Å². The summed E-state index contributed by atoms with van der Waals surface area (Å²) >= 11 is 12.4. The number of carbonyl (C=O) groups excluding carboxylic acids is 1. The van der Waals surface area contributed by atoms with Crippen LogP contribution in [0.5, 0.6) is 0 Å². The second kappa shape index (κ2) is 8.39. The van der Waals surface area contributed by atoms with E-state index in [0.717, 1.165) is 42.3 Å². The van der Waals surface area contributed by atoms with Gasteiger partial charge in [0, 0.05) is 27.2 Å². The fourth-order valence-corrected chi connectivity index (χ4v) is 4.21. The average Bonchev–Trinajstić information content (AvgIpc) is 3.14. The van der Waals surface area contributed by atoms with E-state index in [-0.39, 0.29) is 18.1 Å². The number of benzene rings is 2. The molecule has 4 rings (SSSR count). The molecule has 2 aromatic carbocycles. The van der Waals surface area contributed by atoms with Crippen LogP contribution in [0.15, 0.2) is 42.6 Å². The minimum Gasteiger partial charge on any atom is -0.329 e. The zero-order valence-electron chi connectivity index (χ0n) is 15.1. The maximum absolute atomic E-state index is 12.7. The van der Waals surface area contributed by atoms with Crippen molar-refractivity contribution in [2.45, 2.75) is 31.3 Å². The summed E-state index contributed by atoms with van der Waals surface area (Å²) in [5.41, 5.74) is 2.51. The van der Waals surface area contributed by atoms with Crippen molar-refractivity contribution in [3.05, 3.63) is 58.2 Å². The van der Waals surface area contributed by atoms with E-state index in [1.165, 1.54) is 0 Å². The number of piperidine rings is 1. The highest BCUT2D eigenvalue weighted by Crippen LogP contribution is 2.28. The molecule has 0 saturated carbocycles. The minimum absolute atomic E-state index is 0.116. The number of H-pyrrole nitrogens is 1. The van der Waals surface area contributed by atoms with Gasteiger partial charge in [0.15, 0.2) is 0 Å². The van der Waals surface area contributed by atoms with Gasteiger partial charge in [0.1, 0.15) is 0 Å². The molecule has 1 saturated heterocycles. The van der Waals surface area contributed by atoms with Crippen LogP contribution in [0, 0.1) is 0 Å². The fraction of sp³-hybridized carbons (Fsp3) is 0.300. The Bertz CT molecular complexity index is 963. The molecule has 0 bridgehead atoms. The first kappa shape index (κ1) is 19.1. The molecule has 3 aromatic rings. The highest BCUT2D eigenvalue weighted by Gasteiger charge is 2.27. The summed E-state index contributed by atoms with van der Waals surface area (Å²) < 4.78 is 0. The molecule has 2 amide bonds. The number of amides is 2. The number of aromatic nitrogens is 2. The molecule has 8 heteroatoms. The van der Waals surface area contributed by atoms with Crippen molar-refractivity contribution in [3.63, 3.8) is 0 Å². The van der Waals surface area contributed by atoms with E-state index in [9.17, 15) is 4.79 Å².